The van der Waals surface area contributed by atoms with Crippen LogP contribution in [0, 0.1) is 0 Å². The van der Waals surface area contributed by atoms with Crippen LogP contribution >= 0.6 is 11.6 Å². The molecule has 0 spiro atoms. The Morgan fingerprint density at radius 2 is 2.05 bits per heavy atom. The molecule has 0 aromatic heterocycles. The molecule has 0 aliphatic heterocycles. The van der Waals surface area contributed by atoms with Gasteiger partial charge >= 0.3 is 6.18 Å². The first-order chi connectivity index (χ1) is 9.42. The Morgan fingerprint density at radius 3 is 2.70 bits per heavy atom. The normalized spacial score (nSPS) is 11.7. The monoisotopic (exact) mass is 311 g/mol. The Labute approximate surface area is 121 Å². The Bertz CT molecular complexity index is 413. The van der Waals surface area contributed by atoms with Crippen LogP contribution in [-0.4, -0.2) is 26.1 Å². The van der Waals surface area contributed by atoms with Gasteiger partial charge in [-0.3, -0.25) is 0 Å². The molecule has 0 bridgehead atoms. The third-order valence-corrected chi connectivity index (χ3v) is 2.56. The van der Waals surface area contributed by atoms with E-state index in [9.17, 15) is 13.2 Å². The van der Waals surface area contributed by atoms with Gasteiger partial charge in [-0.1, -0.05) is 18.5 Å². The number of hydrogen-bond acceptors (Lipinski definition) is 3. The molecule has 0 amide bonds. The summed E-state index contributed by atoms with van der Waals surface area (Å²) < 4.78 is 45.3. The van der Waals surface area contributed by atoms with Gasteiger partial charge in [0.15, 0.2) is 6.79 Å². The first-order valence-electron chi connectivity index (χ1n) is 6.19. The molecule has 1 N–H and O–H groups in total. The van der Waals surface area contributed by atoms with E-state index >= 15 is 0 Å². The minimum Gasteiger partial charge on any atom is -0.467 e. The maximum Gasteiger partial charge on any atom is 0.411 e. The average Bonchev–Trinajstić information content (AvgIpc) is 2.36. The SMILES string of the molecule is CCCNCc1cc(Cl)ccc1OCOCC(F)(F)F. The molecular formula is C13H17ClF3NO2. The Balaban J connectivity index is 2.51. The van der Waals surface area contributed by atoms with Crippen LogP contribution in [0.3, 0.4) is 0 Å². The second kappa shape index (κ2) is 8.34. The van der Waals surface area contributed by atoms with Crippen molar-refractivity contribution in [1.82, 2.24) is 5.32 Å². The lowest BCUT2D eigenvalue weighted by atomic mass is 10.2. The molecule has 20 heavy (non-hydrogen) atoms. The zero-order valence-corrected chi connectivity index (χ0v) is 11.9. The molecule has 114 valence electrons. The predicted octanol–water partition coefficient (Wildman–Crippen LogP) is 3.75. The Morgan fingerprint density at radius 1 is 1.30 bits per heavy atom. The zero-order valence-electron chi connectivity index (χ0n) is 11.1. The van der Waals surface area contributed by atoms with Crippen molar-refractivity contribution < 1.29 is 22.6 Å². The van der Waals surface area contributed by atoms with Gasteiger partial charge < -0.3 is 14.8 Å². The largest absolute Gasteiger partial charge is 0.467 e. The lowest BCUT2D eigenvalue weighted by Crippen LogP contribution is -2.19. The van der Waals surface area contributed by atoms with Crippen LogP contribution in [0.15, 0.2) is 18.2 Å². The summed E-state index contributed by atoms with van der Waals surface area (Å²) in [5, 5.41) is 3.72. The van der Waals surface area contributed by atoms with Crippen LogP contribution < -0.4 is 10.1 Å². The van der Waals surface area contributed by atoms with Gasteiger partial charge in [-0.2, -0.15) is 13.2 Å². The molecule has 1 aromatic rings. The number of halogens is 4. The van der Waals surface area contributed by atoms with Crippen molar-refractivity contribution in [2.45, 2.75) is 26.1 Å². The van der Waals surface area contributed by atoms with Gasteiger partial charge in [-0.25, -0.2) is 0 Å². The number of rotatable bonds is 8. The minimum absolute atomic E-state index is 0.456. The summed E-state index contributed by atoms with van der Waals surface area (Å²) in [4.78, 5) is 0. The van der Waals surface area contributed by atoms with Gasteiger partial charge in [0.25, 0.3) is 0 Å². The number of benzene rings is 1. The van der Waals surface area contributed by atoms with E-state index in [1.807, 2.05) is 6.92 Å². The van der Waals surface area contributed by atoms with Crippen molar-refractivity contribution >= 4 is 11.6 Å². The molecule has 0 atom stereocenters. The van der Waals surface area contributed by atoms with Crippen molar-refractivity contribution in [1.29, 1.82) is 0 Å². The highest BCUT2D eigenvalue weighted by Gasteiger charge is 2.27. The Hall–Kier alpha value is -0.980. The standard InChI is InChI=1S/C13H17ClF3NO2/c1-2-5-18-7-10-6-11(14)3-4-12(10)20-9-19-8-13(15,16)17/h3-4,6,18H,2,5,7-9H2,1H3. The average molecular weight is 312 g/mol. The van der Waals surface area contributed by atoms with E-state index in [0.29, 0.717) is 17.3 Å². The molecule has 1 rings (SSSR count). The summed E-state index contributed by atoms with van der Waals surface area (Å²) in [6.07, 6.45) is -3.37. The van der Waals surface area contributed by atoms with Gasteiger partial charge in [0.2, 0.25) is 0 Å². The van der Waals surface area contributed by atoms with Gasteiger partial charge in [-0.05, 0) is 31.2 Å². The summed E-state index contributed by atoms with van der Waals surface area (Å²) in [6.45, 7) is 1.61. The maximum atomic E-state index is 11.9. The minimum atomic E-state index is -4.35. The quantitative estimate of drug-likeness (QED) is 0.586. The predicted molar refractivity (Wildman–Crippen MR) is 71.0 cm³/mol. The molecule has 7 heteroatoms. The number of nitrogens with one attached hydrogen (secondary N) is 1. The molecule has 0 aliphatic carbocycles. The molecule has 0 fully saturated rings. The summed E-state index contributed by atoms with van der Waals surface area (Å²) in [5.74, 6) is 0.458. The topological polar surface area (TPSA) is 30.5 Å². The van der Waals surface area contributed by atoms with E-state index in [1.165, 1.54) is 0 Å². The van der Waals surface area contributed by atoms with Crippen LogP contribution in [0.2, 0.25) is 5.02 Å². The van der Waals surface area contributed by atoms with E-state index in [-0.39, 0.29) is 0 Å². The fourth-order valence-corrected chi connectivity index (χ4v) is 1.68. The van der Waals surface area contributed by atoms with Crippen LogP contribution in [0.25, 0.3) is 0 Å². The summed E-state index contributed by atoms with van der Waals surface area (Å²) in [7, 11) is 0. The summed E-state index contributed by atoms with van der Waals surface area (Å²) in [6, 6.07) is 4.94. The zero-order chi connectivity index (χ0) is 15.0. The molecule has 0 heterocycles. The first-order valence-corrected chi connectivity index (χ1v) is 6.56. The maximum absolute atomic E-state index is 11.9. The summed E-state index contributed by atoms with van der Waals surface area (Å²) in [5.41, 5.74) is 0.779. The highest BCUT2D eigenvalue weighted by Crippen LogP contribution is 2.23. The van der Waals surface area contributed by atoms with Crippen molar-refractivity contribution in [3.8, 4) is 5.75 Å². The van der Waals surface area contributed by atoms with Crippen molar-refractivity contribution in [3.05, 3.63) is 28.8 Å². The van der Waals surface area contributed by atoms with Crippen LogP contribution in [0.1, 0.15) is 18.9 Å². The second-order valence-corrected chi connectivity index (χ2v) is 4.59. The van der Waals surface area contributed by atoms with Gasteiger partial charge in [-0.15, -0.1) is 0 Å². The van der Waals surface area contributed by atoms with Crippen molar-refractivity contribution in [2.24, 2.45) is 0 Å². The molecule has 1 aromatic carbocycles. The third-order valence-electron chi connectivity index (χ3n) is 2.33. The van der Waals surface area contributed by atoms with Gasteiger partial charge in [0.1, 0.15) is 12.4 Å². The molecule has 0 saturated carbocycles. The highest BCUT2D eigenvalue weighted by atomic mass is 35.5. The number of alkyl halides is 3. The highest BCUT2D eigenvalue weighted by molar-refractivity contribution is 6.30. The molecular weight excluding hydrogens is 295 g/mol. The molecule has 0 aliphatic rings. The van der Waals surface area contributed by atoms with Crippen molar-refractivity contribution in [2.75, 3.05) is 19.9 Å². The molecule has 3 nitrogen and oxygen atoms in total. The molecule has 0 saturated heterocycles. The third kappa shape index (κ3) is 6.98. The fraction of sp³-hybridized carbons (Fsp3) is 0.538. The number of hydrogen-bond donors (Lipinski definition) is 1. The van der Waals surface area contributed by atoms with Crippen LogP contribution in [0.4, 0.5) is 13.2 Å². The van der Waals surface area contributed by atoms with E-state index in [4.69, 9.17) is 16.3 Å². The Kier molecular flexibility index (Phi) is 7.12. The van der Waals surface area contributed by atoms with E-state index < -0.39 is 19.6 Å². The van der Waals surface area contributed by atoms with E-state index in [1.54, 1.807) is 18.2 Å². The lowest BCUT2D eigenvalue weighted by molar-refractivity contribution is -0.186. The second-order valence-electron chi connectivity index (χ2n) is 4.15. The molecule has 0 radical (unpaired) electrons. The fourth-order valence-electron chi connectivity index (χ4n) is 1.49. The van der Waals surface area contributed by atoms with E-state index in [2.05, 4.69) is 10.1 Å². The van der Waals surface area contributed by atoms with Crippen molar-refractivity contribution in [3.63, 3.8) is 0 Å². The van der Waals surface area contributed by atoms with E-state index in [0.717, 1.165) is 18.5 Å². The van der Waals surface area contributed by atoms with Crippen LogP contribution in [-0.2, 0) is 11.3 Å². The first kappa shape index (κ1) is 17.1. The number of ether oxygens (including phenoxy) is 2. The molecule has 0 unspecified atom stereocenters. The lowest BCUT2D eigenvalue weighted by Gasteiger charge is -2.13. The summed E-state index contributed by atoms with van der Waals surface area (Å²) >= 11 is 5.89. The van der Waals surface area contributed by atoms with Crippen LogP contribution in [0.5, 0.6) is 5.75 Å². The van der Waals surface area contributed by atoms with Gasteiger partial charge in [0.05, 0.1) is 0 Å². The smallest absolute Gasteiger partial charge is 0.411 e. The van der Waals surface area contributed by atoms with Gasteiger partial charge in [0, 0.05) is 17.1 Å².